The number of nitrogens with one attached hydrogen (secondary N) is 1. The first-order chi connectivity index (χ1) is 20.5. The summed E-state index contributed by atoms with van der Waals surface area (Å²) in [6, 6.07) is 12.3. The minimum atomic E-state index is -1.52. The predicted molar refractivity (Wildman–Crippen MR) is 164 cm³/mol. The van der Waals surface area contributed by atoms with E-state index in [4.69, 9.17) is 5.73 Å². The van der Waals surface area contributed by atoms with E-state index in [1.54, 1.807) is 24.0 Å². The Morgan fingerprint density at radius 2 is 1.70 bits per heavy atom. The van der Waals surface area contributed by atoms with Crippen LogP contribution < -0.4 is 11.1 Å². The van der Waals surface area contributed by atoms with Crippen molar-refractivity contribution in [3.63, 3.8) is 0 Å². The van der Waals surface area contributed by atoms with Gasteiger partial charge in [0.15, 0.2) is 0 Å². The molecule has 0 aliphatic heterocycles. The van der Waals surface area contributed by atoms with Crippen LogP contribution in [0.15, 0.2) is 71.8 Å². The predicted octanol–water partition coefficient (Wildman–Crippen LogP) is 4.59. The van der Waals surface area contributed by atoms with E-state index in [0.29, 0.717) is 30.7 Å². The lowest BCUT2D eigenvalue weighted by atomic mass is 9.63. The van der Waals surface area contributed by atoms with Crippen molar-refractivity contribution in [2.75, 3.05) is 26.2 Å². The zero-order valence-corrected chi connectivity index (χ0v) is 25.4. The first kappa shape index (κ1) is 34.1. The summed E-state index contributed by atoms with van der Waals surface area (Å²) in [5, 5.41) is 24.7. The highest BCUT2D eigenvalue weighted by Gasteiger charge is 2.48. The molecular formula is C34H45F2N3O4. The Bertz CT molecular complexity index is 1270. The second-order valence-corrected chi connectivity index (χ2v) is 11.5. The molecule has 0 radical (unpaired) electrons. The molecule has 2 amide bonds. The lowest BCUT2D eigenvalue weighted by Gasteiger charge is -2.42. The topological polar surface area (TPSA) is 116 Å². The number of halogens is 2. The third-order valence-corrected chi connectivity index (χ3v) is 8.07. The first-order valence-electron chi connectivity index (χ1n) is 15.1. The maximum absolute atomic E-state index is 14.3. The second-order valence-electron chi connectivity index (χ2n) is 11.5. The quantitative estimate of drug-likeness (QED) is 0.226. The summed E-state index contributed by atoms with van der Waals surface area (Å²) in [6.07, 6.45) is 4.00. The molecule has 0 heterocycles. The molecule has 0 bridgehead atoms. The van der Waals surface area contributed by atoms with Crippen LogP contribution in [0.5, 0.6) is 0 Å². The van der Waals surface area contributed by atoms with Crippen LogP contribution in [-0.4, -0.2) is 59.3 Å². The normalized spacial score (nSPS) is 18.8. The Labute approximate surface area is 253 Å². The average molecular weight is 598 g/mol. The van der Waals surface area contributed by atoms with E-state index in [1.807, 2.05) is 44.2 Å². The maximum Gasteiger partial charge on any atom is 0.249 e. The van der Waals surface area contributed by atoms with E-state index >= 15 is 0 Å². The monoisotopic (exact) mass is 597 g/mol. The number of primary amides is 1. The highest BCUT2D eigenvalue weighted by molar-refractivity contribution is 5.97. The van der Waals surface area contributed by atoms with Crippen molar-refractivity contribution in [1.29, 1.82) is 0 Å². The number of nitrogens with two attached hydrogens (primary N) is 1. The molecule has 9 heteroatoms. The van der Waals surface area contributed by atoms with E-state index < -0.39 is 35.0 Å². The van der Waals surface area contributed by atoms with E-state index in [0.717, 1.165) is 24.5 Å². The summed E-state index contributed by atoms with van der Waals surface area (Å²) in [6.45, 7) is 6.76. The van der Waals surface area contributed by atoms with Gasteiger partial charge in [0.2, 0.25) is 11.8 Å². The first-order valence-corrected chi connectivity index (χ1v) is 15.1. The second kappa shape index (κ2) is 15.9. The van der Waals surface area contributed by atoms with Crippen molar-refractivity contribution >= 4 is 11.8 Å². The summed E-state index contributed by atoms with van der Waals surface area (Å²) in [7, 11) is 0. The molecule has 0 saturated heterocycles. The van der Waals surface area contributed by atoms with Crippen LogP contribution in [-0.2, 0) is 16.0 Å². The van der Waals surface area contributed by atoms with Crippen molar-refractivity contribution in [1.82, 2.24) is 10.2 Å². The number of aliphatic hydroxyl groups excluding tert-OH is 2. The van der Waals surface area contributed by atoms with Crippen LogP contribution in [0, 0.1) is 23.0 Å². The van der Waals surface area contributed by atoms with Gasteiger partial charge in [-0.15, -0.1) is 0 Å². The number of hydrogen-bond donors (Lipinski definition) is 4. The molecule has 0 aromatic heterocycles. The van der Waals surface area contributed by atoms with Crippen LogP contribution in [0.1, 0.15) is 63.6 Å². The molecule has 1 aliphatic rings. The molecule has 0 fully saturated rings. The summed E-state index contributed by atoms with van der Waals surface area (Å²) in [4.78, 5) is 28.9. The van der Waals surface area contributed by atoms with Crippen LogP contribution in [0.4, 0.5) is 8.78 Å². The van der Waals surface area contributed by atoms with Gasteiger partial charge in [-0.25, -0.2) is 8.78 Å². The van der Waals surface area contributed by atoms with E-state index in [9.17, 15) is 28.6 Å². The number of carbonyl (C=O) groups excluding carboxylic acids is 2. The highest BCUT2D eigenvalue weighted by atomic mass is 19.1. The molecule has 2 aromatic rings. The van der Waals surface area contributed by atoms with Gasteiger partial charge in [-0.05, 0) is 62.3 Å². The van der Waals surface area contributed by atoms with Crippen LogP contribution >= 0.6 is 0 Å². The van der Waals surface area contributed by atoms with E-state index in [1.165, 1.54) is 12.1 Å². The number of rotatable bonds is 16. The zero-order valence-electron chi connectivity index (χ0n) is 25.4. The van der Waals surface area contributed by atoms with Gasteiger partial charge in [0.1, 0.15) is 11.6 Å². The van der Waals surface area contributed by atoms with Gasteiger partial charge in [0, 0.05) is 49.8 Å². The van der Waals surface area contributed by atoms with Crippen LogP contribution in [0.3, 0.4) is 0 Å². The SMILES string of the molecule is CCCN(CCC)C(=O)C1=CC(C)=CC(C(N)=O)([C@H](Cc2cc(F)cc(F)c2)[C@@H](O)CNC(CCO)c2ccccc2)C1. The molecule has 7 nitrogen and oxygen atoms in total. The van der Waals surface area contributed by atoms with Gasteiger partial charge in [-0.2, -0.15) is 0 Å². The largest absolute Gasteiger partial charge is 0.396 e. The number of aliphatic hydroxyl groups is 2. The van der Waals surface area contributed by atoms with Gasteiger partial charge >= 0.3 is 0 Å². The summed E-state index contributed by atoms with van der Waals surface area (Å²) >= 11 is 0. The minimum Gasteiger partial charge on any atom is -0.396 e. The summed E-state index contributed by atoms with van der Waals surface area (Å²) in [5.41, 5.74) is 6.81. The van der Waals surface area contributed by atoms with E-state index in [2.05, 4.69) is 5.32 Å². The molecule has 0 saturated carbocycles. The molecule has 5 N–H and O–H groups in total. The Balaban J connectivity index is 2.03. The fourth-order valence-electron chi connectivity index (χ4n) is 6.16. The zero-order chi connectivity index (χ0) is 31.6. The number of carbonyl (C=O) groups is 2. The third-order valence-electron chi connectivity index (χ3n) is 8.07. The molecule has 3 rings (SSSR count). The van der Waals surface area contributed by atoms with Gasteiger partial charge in [-0.1, -0.05) is 61.9 Å². The van der Waals surface area contributed by atoms with E-state index in [-0.39, 0.29) is 43.5 Å². The molecule has 2 unspecified atom stereocenters. The van der Waals surface area contributed by atoms with Crippen molar-refractivity contribution in [3.8, 4) is 0 Å². The summed E-state index contributed by atoms with van der Waals surface area (Å²) in [5.74, 6) is -3.43. The number of allylic oxidation sites excluding steroid dienone is 2. The fourth-order valence-corrected chi connectivity index (χ4v) is 6.16. The van der Waals surface area contributed by atoms with Gasteiger partial charge in [0.25, 0.3) is 0 Å². The average Bonchev–Trinajstić information content (AvgIpc) is 2.97. The lowest BCUT2D eigenvalue weighted by Crippen LogP contribution is -2.52. The maximum atomic E-state index is 14.3. The van der Waals surface area contributed by atoms with Gasteiger partial charge < -0.3 is 26.2 Å². The number of amides is 2. The Morgan fingerprint density at radius 1 is 1.07 bits per heavy atom. The summed E-state index contributed by atoms with van der Waals surface area (Å²) < 4.78 is 28.5. The van der Waals surface area contributed by atoms with Crippen molar-refractivity contribution in [2.45, 2.75) is 65.0 Å². The standard InChI is InChI=1S/C34H45F2N3O4/c1-4-12-39(13-5-2)32(42)26-15-23(3)20-34(21-26,33(37)43)29(18-24-16-27(35)19-28(36)17-24)31(41)22-38-30(11-14-40)25-9-7-6-8-10-25/h6-10,15-17,19-20,29-31,38,40-41H,4-5,11-14,18,21-22H2,1-3H3,(H2,37,43)/t29-,30?,31+,34?/m1/s1. The number of hydrogen-bond acceptors (Lipinski definition) is 5. The lowest BCUT2D eigenvalue weighted by molar-refractivity contribution is -0.132. The molecule has 234 valence electrons. The Kier molecular flexibility index (Phi) is 12.6. The Hall–Kier alpha value is -3.40. The van der Waals surface area contributed by atoms with Crippen molar-refractivity contribution < 1.29 is 28.6 Å². The smallest absolute Gasteiger partial charge is 0.249 e. The molecule has 0 spiro atoms. The van der Waals surface area contributed by atoms with Crippen molar-refractivity contribution in [2.24, 2.45) is 17.1 Å². The number of nitrogens with zero attached hydrogens (tertiary/aromatic N) is 1. The molecule has 2 aromatic carbocycles. The molecular weight excluding hydrogens is 552 g/mol. The molecule has 43 heavy (non-hydrogen) atoms. The van der Waals surface area contributed by atoms with Crippen LogP contribution in [0.2, 0.25) is 0 Å². The number of benzene rings is 2. The van der Waals surface area contributed by atoms with Gasteiger partial charge in [-0.3, -0.25) is 9.59 Å². The van der Waals surface area contributed by atoms with Gasteiger partial charge in [0.05, 0.1) is 11.5 Å². The highest BCUT2D eigenvalue weighted by Crippen LogP contribution is 2.44. The van der Waals surface area contributed by atoms with Crippen LogP contribution in [0.25, 0.3) is 0 Å². The molecule has 1 aliphatic carbocycles. The van der Waals surface area contributed by atoms with Crippen molar-refractivity contribution in [3.05, 3.63) is 94.6 Å². The Morgan fingerprint density at radius 3 is 2.26 bits per heavy atom. The molecule has 4 atom stereocenters. The third kappa shape index (κ3) is 8.81. The minimum absolute atomic E-state index is 0.00523. The fraction of sp³-hybridized carbons (Fsp3) is 0.471.